The summed E-state index contributed by atoms with van der Waals surface area (Å²) in [5, 5.41) is 0. The van der Waals surface area contributed by atoms with Gasteiger partial charge in [-0.3, -0.25) is 4.79 Å². The highest BCUT2D eigenvalue weighted by molar-refractivity contribution is 5.97. The van der Waals surface area contributed by atoms with Crippen LogP contribution in [0.25, 0.3) is 0 Å². The molecule has 0 saturated carbocycles. The monoisotopic (exact) mass is 194 g/mol. The van der Waals surface area contributed by atoms with Crippen molar-refractivity contribution in [2.24, 2.45) is 0 Å². The fourth-order valence-electron chi connectivity index (χ4n) is 1.70. The van der Waals surface area contributed by atoms with Crippen LogP contribution in [0.3, 0.4) is 0 Å². The van der Waals surface area contributed by atoms with E-state index in [1.54, 1.807) is 0 Å². The van der Waals surface area contributed by atoms with Gasteiger partial charge in [-0.1, -0.05) is 0 Å². The molecule has 74 valence electrons. The zero-order valence-electron chi connectivity index (χ0n) is 7.97. The van der Waals surface area contributed by atoms with Gasteiger partial charge in [-0.25, -0.2) is 4.39 Å². The molecular formula is C11H11FO2. The highest BCUT2D eigenvalue weighted by Crippen LogP contribution is 2.30. The van der Waals surface area contributed by atoms with Crippen LogP contribution in [0.15, 0.2) is 12.1 Å². The number of Topliss-reactive ketones (excluding diaryl/α,β-unsaturated/α-hetero) is 1. The van der Waals surface area contributed by atoms with Crippen LogP contribution in [0.5, 0.6) is 5.75 Å². The summed E-state index contributed by atoms with van der Waals surface area (Å²) in [7, 11) is 0. The Morgan fingerprint density at radius 3 is 3.00 bits per heavy atom. The van der Waals surface area contributed by atoms with Gasteiger partial charge in [0.15, 0.2) is 5.78 Å². The Hall–Kier alpha value is -1.38. The number of ether oxygens (including phenoxy) is 1. The number of rotatable bonds is 1. The van der Waals surface area contributed by atoms with Crippen LogP contribution >= 0.6 is 0 Å². The molecule has 1 aromatic rings. The van der Waals surface area contributed by atoms with E-state index in [-0.39, 0.29) is 11.6 Å². The summed E-state index contributed by atoms with van der Waals surface area (Å²) in [5.74, 6) is 0.0623. The number of ketones is 1. The number of hydrogen-bond acceptors (Lipinski definition) is 2. The molecular weight excluding hydrogens is 183 g/mol. The van der Waals surface area contributed by atoms with Crippen molar-refractivity contribution in [1.82, 2.24) is 0 Å². The Morgan fingerprint density at radius 1 is 1.50 bits per heavy atom. The molecule has 2 rings (SSSR count). The quantitative estimate of drug-likeness (QED) is 0.641. The number of aryl methyl sites for hydroxylation is 1. The van der Waals surface area contributed by atoms with Crippen molar-refractivity contribution in [3.05, 3.63) is 29.1 Å². The van der Waals surface area contributed by atoms with E-state index in [1.165, 1.54) is 19.1 Å². The highest BCUT2D eigenvalue weighted by Gasteiger charge is 2.18. The average molecular weight is 194 g/mol. The van der Waals surface area contributed by atoms with E-state index in [9.17, 15) is 9.18 Å². The van der Waals surface area contributed by atoms with Crippen molar-refractivity contribution in [2.75, 3.05) is 6.61 Å². The van der Waals surface area contributed by atoms with Crippen LogP contribution in [0, 0.1) is 5.82 Å². The second-order valence-corrected chi connectivity index (χ2v) is 3.45. The van der Waals surface area contributed by atoms with Gasteiger partial charge in [-0.05, 0) is 37.5 Å². The molecule has 3 heteroatoms. The zero-order valence-corrected chi connectivity index (χ0v) is 7.97. The molecule has 0 saturated heterocycles. The minimum atomic E-state index is -0.362. The Morgan fingerprint density at radius 2 is 2.29 bits per heavy atom. The van der Waals surface area contributed by atoms with Crippen LogP contribution in [-0.4, -0.2) is 12.4 Å². The Kier molecular flexibility index (Phi) is 2.23. The summed E-state index contributed by atoms with van der Waals surface area (Å²) in [4.78, 5) is 11.2. The third-order valence-electron chi connectivity index (χ3n) is 2.35. The van der Waals surface area contributed by atoms with Crippen LogP contribution in [0.1, 0.15) is 29.3 Å². The highest BCUT2D eigenvalue weighted by atomic mass is 19.1. The Bertz CT molecular complexity index is 385. The first-order valence-corrected chi connectivity index (χ1v) is 4.64. The van der Waals surface area contributed by atoms with Gasteiger partial charge in [0.05, 0.1) is 12.2 Å². The van der Waals surface area contributed by atoms with Gasteiger partial charge in [0, 0.05) is 0 Å². The first-order chi connectivity index (χ1) is 6.68. The molecule has 0 spiro atoms. The van der Waals surface area contributed by atoms with Crippen LogP contribution in [0.4, 0.5) is 4.39 Å². The van der Waals surface area contributed by atoms with Crippen LogP contribution in [0.2, 0.25) is 0 Å². The van der Waals surface area contributed by atoms with Gasteiger partial charge < -0.3 is 4.74 Å². The van der Waals surface area contributed by atoms with E-state index in [4.69, 9.17) is 4.74 Å². The lowest BCUT2D eigenvalue weighted by Crippen LogP contribution is -2.12. The second kappa shape index (κ2) is 3.40. The van der Waals surface area contributed by atoms with E-state index in [0.717, 1.165) is 18.4 Å². The van der Waals surface area contributed by atoms with E-state index in [1.807, 2.05) is 0 Å². The van der Waals surface area contributed by atoms with E-state index >= 15 is 0 Å². The molecule has 1 aliphatic heterocycles. The first kappa shape index (κ1) is 9.19. The fraction of sp³-hybridized carbons (Fsp3) is 0.364. The first-order valence-electron chi connectivity index (χ1n) is 4.64. The second-order valence-electron chi connectivity index (χ2n) is 3.45. The molecule has 0 atom stereocenters. The number of fused-ring (bicyclic) bond motifs is 1. The topological polar surface area (TPSA) is 26.3 Å². The van der Waals surface area contributed by atoms with Gasteiger partial charge in [0.1, 0.15) is 11.6 Å². The maximum absolute atomic E-state index is 13.1. The summed E-state index contributed by atoms with van der Waals surface area (Å²) in [6.45, 7) is 2.03. The van der Waals surface area contributed by atoms with E-state index < -0.39 is 0 Å². The number of carbonyl (C=O) groups is 1. The predicted molar refractivity (Wildman–Crippen MR) is 50.2 cm³/mol. The zero-order chi connectivity index (χ0) is 10.1. The van der Waals surface area contributed by atoms with Gasteiger partial charge in [-0.2, -0.15) is 0 Å². The maximum Gasteiger partial charge on any atom is 0.163 e. The minimum Gasteiger partial charge on any atom is -0.493 e. The summed E-state index contributed by atoms with van der Waals surface area (Å²) >= 11 is 0. The third-order valence-corrected chi connectivity index (χ3v) is 2.35. The normalized spacial score (nSPS) is 14.4. The average Bonchev–Trinajstić information content (AvgIpc) is 2.16. The fourth-order valence-corrected chi connectivity index (χ4v) is 1.70. The van der Waals surface area contributed by atoms with Crippen LogP contribution in [-0.2, 0) is 6.42 Å². The largest absolute Gasteiger partial charge is 0.493 e. The third kappa shape index (κ3) is 1.50. The Labute approximate surface area is 81.7 Å². The number of carbonyl (C=O) groups excluding carboxylic acids is 1. The molecule has 0 unspecified atom stereocenters. The molecule has 1 aliphatic rings. The molecule has 0 fully saturated rings. The lowest BCUT2D eigenvalue weighted by atomic mass is 10.0. The predicted octanol–water partition coefficient (Wildman–Crippen LogP) is 2.35. The van der Waals surface area contributed by atoms with Crippen molar-refractivity contribution in [3.63, 3.8) is 0 Å². The van der Waals surface area contributed by atoms with Crippen molar-refractivity contribution < 1.29 is 13.9 Å². The molecule has 0 bridgehead atoms. The van der Waals surface area contributed by atoms with Gasteiger partial charge in [0.2, 0.25) is 0 Å². The van der Waals surface area contributed by atoms with Gasteiger partial charge in [0.25, 0.3) is 0 Å². The lowest BCUT2D eigenvalue weighted by Gasteiger charge is -2.19. The van der Waals surface area contributed by atoms with E-state index in [2.05, 4.69) is 0 Å². The standard InChI is InChI=1S/C11H11FO2/c1-7(13)10-6-9(12)5-8-3-2-4-14-11(8)10/h5-6H,2-4H2,1H3. The smallest absolute Gasteiger partial charge is 0.163 e. The summed E-state index contributed by atoms with van der Waals surface area (Å²) in [6.07, 6.45) is 1.67. The lowest BCUT2D eigenvalue weighted by molar-refractivity contribution is 0.101. The van der Waals surface area contributed by atoms with Crippen molar-refractivity contribution in [1.29, 1.82) is 0 Å². The summed E-state index contributed by atoms with van der Waals surface area (Å²) < 4.78 is 18.5. The Balaban J connectivity index is 2.58. The molecule has 1 heterocycles. The van der Waals surface area contributed by atoms with Gasteiger partial charge in [-0.15, -0.1) is 0 Å². The SMILES string of the molecule is CC(=O)c1cc(F)cc2c1OCCC2. The number of hydrogen-bond donors (Lipinski definition) is 0. The van der Waals surface area contributed by atoms with E-state index in [0.29, 0.717) is 17.9 Å². The molecule has 0 aromatic heterocycles. The van der Waals surface area contributed by atoms with Gasteiger partial charge >= 0.3 is 0 Å². The molecule has 0 N–H and O–H groups in total. The molecule has 0 amide bonds. The molecule has 0 aliphatic carbocycles. The van der Waals surface area contributed by atoms with Crippen molar-refractivity contribution in [3.8, 4) is 5.75 Å². The number of halogens is 1. The summed E-state index contributed by atoms with van der Waals surface area (Å²) in [5.41, 5.74) is 1.17. The van der Waals surface area contributed by atoms with Crippen LogP contribution < -0.4 is 4.74 Å². The maximum atomic E-state index is 13.1. The van der Waals surface area contributed by atoms with Crippen molar-refractivity contribution in [2.45, 2.75) is 19.8 Å². The summed E-state index contributed by atoms with van der Waals surface area (Å²) in [6, 6.07) is 2.69. The molecule has 2 nitrogen and oxygen atoms in total. The van der Waals surface area contributed by atoms with Crippen molar-refractivity contribution >= 4 is 5.78 Å². The molecule has 1 aromatic carbocycles. The minimum absolute atomic E-state index is 0.150. The molecule has 14 heavy (non-hydrogen) atoms. The molecule has 0 radical (unpaired) electrons. The number of benzene rings is 1.